The lowest BCUT2D eigenvalue weighted by atomic mass is 10.1. The molecule has 6 nitrogen and oxygen atoms in total. The maximum atomic E-state index is 11.2. The topological polar surface area (TPSA) is 70.8 Å². The standard InChI is InChI=1S/C15H20INO5/c1-3-4-7-21-11-12-9-14(20-2)15(22-8-5-6-16)10-13(12)17(18)19/h3,9-10H,1,4-8,11H2,2H3. The van der Waals surface area contributed by atoms with Crippen molar-refractivity contribution < 1.29 is 19.1 Å². The van der Waals surface area contributed by atoms with Crippen LogP contribution in [0.1, 0.15) is 18.4 Å². The second-order valence-electron chi connectivity index (χ2n) is 4.41. The number of nitro benzene ring substituents is 1. The molecule has 0 unspecified atom stereocenters. The molecular weight excluding hydrogens is 401 g/mol. The average Bonchev–Trinajstić information content (AvgIpc) is 2.51. The van der Waals surface area contributed by atoms with Crippen LogP contribution in [0.5, 0.6) is 11.5 Å². The molecule has 0 bridgehead atoms. The van der Waals surface area contributed by atoms with Crippen LogP contribution in [-0.4, -0.2) is 29.7 Å². The fourth-order valence-corrected chi connectivity index (χ4v) is 2.05. The van der Waals surface area contributed by atoms with Gasteiger partial charge in [-0.05, 0) is 18.9 Å². The fourth-order valence-electron chi connectivity index (χ4n) is 1.73. The van der Waals surface area contributed by atoms with Gasteiger partial charge in [-0.15, -0.1) is 6.58 Å². The molecule has 0 aromatic heterocycles. The Labute approximate surface area is 143 Å². The Morgan fingerprint density at radius 1 is 1.36 bits per heavy atom. The highest BCUT2D eigenvalue weighted by Gasteiger charge is 2.19. The molecule has 0 aliphatic rings. The summed E-state index contributed by atoms with van der Waals surface area (Å²) in [6.45, 7) is 4.71. The lowest BCUT2D eigenvalue weighted by molar-refractivity contribution is -0.386. The first-order chi connectivity index (χ1) is 10.6. The van der Waals surface area contributed by atoms with E-state index in [4.69, 9.17) is 14.2 Å². The number of alkyl halides is 1. The van der Waals surface area contributed by atoms with Crippen LogP contribution in [0.15, 0.2) is 24.8 Å². The molecule has 0 saturated heterocycles. The van der Waals surface area contributed by atoms with E-state index in [0.717, 1.165) is 10.8 Å². The molecule has 1 aromatic rings. The highest BCUT2D eigenvalue weighted by molar-refractivity contribution is 14.1. The van der Waals surface area contributed by atoms with Gasteiger partial charge in [-0.3, -0.25) is 10.1 Å². The van der Waals surface area contributed by atoms with E-state index in [1.807, 2.05) is 0 Å². The molecule has 122 valence electrons. The molecule has 0 aliphatic heterocycles. The third kappa shape index (κ3) is 5.80. The number of nitrogens with zero attached hydrogens (tertiary/aromatic N) is 1. The smallest absolute Gasteiger partial charge is 0.278 e. The monoisotopic (exact) mass is 421 g/mol. The molecule has 0 spiro atoms. The average molecular weight is 421 g/mol. The molecule has 0 heterocycles. The Morgan fingerprint density at radius 3 is 2.73 bits per heavy atom. The quantitative estimate of drug-likeness (QED) is 0.135. The van der Waals surface area contributed by atoms with Crippen LogP contribution in [0.4, 0.5) is 5.69 Å². The van der Waals surface area contributed by atoms with Gasteiger partial charge < -0.3 is 14.2 Å². The molecule has 0 aliphatic carbocycles. The molecule has 7 heteroatoms. The van der Waals surface area contributed by atoms with Crippen LogP contribution in [0, 0.1) is 10.1 Å². The Morgan fingerprint density at radius 2 is 2.14 bits per heavy atom. The number of nitro groups is 1. The number of rotatable bonds is 11. The third-order valence-corrected chi connectivity index (χ3v) is 3.58. The number of hydrogen-bond acceptors (Lipinski definition) is 5. The summed E-state index contributed by atoms with van der Waals surface area (Å²) in [6, 6.07) is 3.00. The maximum Gasteiger partial charge on any atom is 0.278 e. The second-order valence-corrected chi connectivity index (χ2v) is 5.49. The van der Waals surface area contributed by atoms with E-state index < -0.39 is 4.92 Å². The summed E-state index contributed by atoms with van der Waals surface area (Å²) in [5.74, 6) is 0.857. The van der Waals surface area contributed by atoms with Gasteiger partial charge >= 0.3 is 0 Å². The summed E-state index contributed by atoms with van der Waals surface area (Å²) in [7, 11) is 1.51. The lowest BCUT2D eigenvalue weighted by Gasteiger charge is -2.12. The molecule has 0 atom stereocenters. The van der Waals surface area contributed by atoms with Gasteiger partial charge in [-0.1, -0.05) is 28.7 Å². The Kier molecular flexibility index (Phi) is 8.83. The molecule has 0 N–H and O–H groups in total. The Hall–Kier alpha value is -1.35. The zero-order valence-corrected chi connectivity index (χ0v) is 14.7. The molecule has 0 radical (unpaired) electrons. The number of methoxy groups -OCH3 is 1. The van der Waals surface area contributed by atoms with Crippen molar-refractivity contribution in [1.82, 2.24) is 0 Å². The Bertz CT molecular complexity index is 507. The van der Waals surface area contributed by atoms with Crippen LogP contribution >= 0.6 is 22.6 Å². The van der Waals surface area contributed by atoms with Gasteiger partial charge in [0.05, 0.1) is 43.5 Å². The summed E-state index contributed by atoms with van der Waals surface area (Å²) >= 11 is 2.25. The largest absolute Gasteiger partial charge is 0.493 e. The van der Waals surface area contributed by atoms with E-state index >= 15 is 0 Å². The zero-order chi connectivity index (χ0) is 16.4. The summed E-state index contributed by atoms with van der Waals surface area (Å²) in [5, 5.41) is 11.2. The molecular formula is C15H20INO5. The van der Waals surface area contributed by atoms with Crippen LogP contribution in [-0.2, 0) is 11.3 Å². The maximum absolute atomic E-state index is 11.2. The van der Waals surface area contributed by atoms with Crippen molar-refractivity contribution in [3.8, 4) is 11.5 Å². The van der Waals surface area contributed by atoms with Crippen molar-refractivity contribution in [3.63, 3.8) is 0 Å². The van der Waals surface area contributed by atoms with Gasteiger partial charge in [0.25, 0.3) is 5.69 Å². The molecule has 1 rings (SSSR count). The van der Waals surface area contributed by atoms with E-state index in [2.05, 4.69) is 29.2 Å². The van der Waals surface area contributed by atoms with Crippen molar-refractivity contribution in [1.29, 1.82) is 0 Å². The first kappa shape index (κ1) is 18.7. The minimum absolute atomic E-state index is 0.0242. The highest BCUT2D eigenvalue weighted by atomic mass is 127. The zero-order valence-electron chi connectivity index (χ0n) is 12.5. The van der Waals surface area contributed by atoms with E-state index in [-0.39, 0.29) is 12.3 Å². The first-order valence-electron chi connectivity index (χ1n) is 6.86. The van der Waals surface area contributed by atoms with Gasteiger partial charge in [0.15, 0.2) is 11.5 Å². The van der Waals surface area contributed by atoms with Crippen LogP contribution in [0.2, 0.25) is 0 Å². The SMILES string of the molecule is C=CCCOCc1cc(OC)c(OCCCI)cc1[N+](=O)[O-]. The van der Waals surface area contributed by atoms with Gasteiger partial charge in [0.2, 0.25) is 0 Å². The first-order valence-corrected chi connectivity index (χ1v) is 8.39. The van der Waals surface area contributed by atoms with E-state index in [9.17, 15) is 10.1 Å². The molecule has 0 amide bonds. The number of ether oxygens (including phenoxy) is 3. The van der Waals surface area contributed by atoms with Crippen molar-refractivity contribution in [2.75, 3.05) is 24.8 Å². The van der Waals surface area contributed by atoms with Gasteiger partial charge in [-0.2, -0.15) is 0 Å². The number of hydrogen-bond donors (Lipinski definition) is 0. The van der Waals surface area contributed by atoms with Crippen molar-refractivity contribution >= 4 is 28.3 Å². The normalized spacial score (nSPS) is 10.3. The molecule has 22 heavy (non-hydrogen) atoms. The summed E-state index contributed by atoms with van der Waals surface area (Å²) in [5.41, 5.74) is 0.441. The fraction of sp³-hybridized carbons (Fsp3) is 0.467. The van der Waals surface area contributed by atoms with Gasteiger partial charge in [-0.25, -0.2) is 0 Å². The predicted molar refractivity (Wildman–Crippen MR) is 93.1 cm³/mol. The predicted octanol–water partition coefficient (Wildman–Crippen LogP) is 3.90. The van der Waals surface area contributed by atoms with Crippen LogP contribution in [0.25, 0.3) is 0 Å². The third-order valence-electron chi connectivity index (χ3n) is 2.82. The van der Waals surface area contributed by atoms with Gasteiger partial charge in [0.1, 0.15) is 0 Å². The minimum atomic E-state index is -0.434. The lowest BCUT2D eigenvalue weighted by Crippen LogP contribution is -2.04. The van der Waals surface area contributed by atoms with Crippen molar-refractivity contribution in [2.45, 2.75) is 19.4 Å². The molecule has 0 saturated carbocycles. The molecule has 0 fully saturated rings. The minimum Gasteiger partial charge on any atom is -0.493 e. The van der Waals surface area contributed by atoms with Crippen LogP contribution < -0.4 is 9.47 Å². The van der Waals surface area contributed by atoms with E-state index in [1.165, 1.54) is 13.2 Å². The Balaban J connectivity index is 2.94. The highest BCUT2D eigenvalue weighted by Crippen LogP contribution is 2.35. The number of benzene rings is 1. The summed E-state index contributed by atoms with van der Waals surface area (Å²) < 4.78 is 17.2. The van der Waals surface area contributed by atoms with E-state index in [0.29, 0.717) is 36.7 Å². The van der Waals surface area contributed by atoms with Crippen molar-refractivity contribution in [2.24, 2.45) is 0 Å². The second kappa shape index (κ2) is 10.4. The molecule has 1 aromatic carbocycles. The summed E-state index contributed by atoms with van der Waals surface area (Å²) in [6.07, 6.45) is 3.30. The van der Waals surface area contributed by atoms with Crippen molar-refractivity contribution in [3.05, 3.63) is 40.5 Å². The van der Waals surface area contributed by atoms with Crippen LogP contribution in [0.3, 0.4) is 0 Å². The van der Waals surface area contributed by atoms with Gasteiger partial charge in [0, 0.05) is 4.43 Å². The van der Waals surface area contributed by atoms with E-state index in [1.54, 1.807) is 12.1 Å². The summed E-state index contributed by atoms with van der Waals surface area (Å²) in [4.78, 5) is 10.8. The number of halogens is 1.